The van der Waals surface area contributed by atoms with Crippen molar-refractivity contribution in [3.8, 4) is 22.3 Å². The second-order valence-corrected chi connectivity index (χ2v) is 14.0. The molecule has 0 spiro atoms. The van der Waals surface area contributed by atoms with Crippen molar-refractivity contribution in [2.45, 2.75) is 9.79 Å². The van der Waals surface area contributed by atoms with Crippen LogP contribution in [0.15, 0.2) is 184 Å². The fraction of sp³-hybridized carbons (Fsp3) is 0. The first-order chi connectivity index (χ1) is 24.2. The van der Waals surface area contributed by atoms with Crippen molar-refractivity contribution in [1.29, 1.82) is 0 Å². The van der Waals surface area contributed by atoms with E-state index in [0.29, 0.717) is 0 Å². The summed E-state index contributed by atoms with van der Waals surface area (Å²) in [5, 5.41) is 11.7. The minimum Gasteiger partial charge on any atom is -0.456 e. The molecule has 230 valence electrons. The van der Waals surface area contributed by atoms with E-state index >= 15 is 0 Å². The van der Waals surface area contributed by atoms with Gasteiger partial charge in [-0.1, -0.05) is 133 Å². The molecule has 1 atom stereocenters. The van der Waals surface area contributed by atoms with Crippen LogP contribution in [0.25, 0.3) is 87.3 Å². The monoisotopic (exact) mass is 644 g/mol. The third-order valence-corrected chi connectivity index (χ3v) is 11.2. The van der Waals surface area contributed by atoms with Gasteiger partial charge in [0.05, 0.1) is 10.8 Å². The topological polar surface area (TPSA) is 30.2 Å². The molecular formula is C46H28O2S. The van der Waals surface area contributed by atoms with Crippen LogP contribution in [-0.4, -0.2) is 4.21 Å². The van der Waals surface area contributed by atoms with Gasteiger partial charge in [-0.05, 0) is 102 Å². The molecule has 0 amide bonds. The van der Waals surface area contributed by atoms with Crippen LogP contribution in [-0.2, 0) is 10.8 Å². The second-order valence-electron chi connectivity index (χ2n) is 12.6. The molecule has 0 aliphatic carbocycles. The molecule has 0 saturated heterocycles. The lowest BCUT2D eigenvalue weighted by molar-refractivity contribution is 0.669. The third kappa shape index (κ3) is 4.29. The summed E-state index contributed by atoms with van der Waals surface area (Å²) in [6.07, 6.45) is 0. The Morgan fingerprint density at radius 3 is 1.65 bits per heavy atom. The Balaban J connectivity index is 1.29. The molecule has 10 rings (SSSR count). The first-order valence-corrected chi connectivity index (χ1v) is 17.7. The lowest BCUT2D eigenvalue weighted by Crippen LogP contribution is -1.95. The summed E-state index contributed by atoms with van der Waals surface area (Å²) in [7, 11) is -1.29. The second kappa shape index (κ2) is 11.0. The highest BCUT2D eigenvalue weighted by Crippen LogP contribution is 2.48. The van der Waals surface area contributed by atoms with E-state index in [-0.39, 0.29) is 0 Å². The predicted octanol–water partition coefficient (Wildman–Crippen LogP) is 12.7. The van der Waals surface area contributed by atoms with E-state index in [4.69, 9.17) is 4.42 Å². The summed E-state index contributed by atoms with van der Waals surface area (Å²) in [4.78, 5) is 1.58. The summed E-state index contributed by atoms with van der Waals surface area (Å²) in [5.41, 5.74) is 6.29. The zero-order chi connectivity index (χ0) is 32.5. The van der Waals surface area contributed by atoms with Gasteiger partial charge in [0, 0.05) is 20.6 Å². The Kier molecular flexibility index (Phi) is 6.30. The van der Waals surface area contributed by atoms with Gasteiger partial charge in [-0.15, -0.1) is 0 Å². The number of fused-ring (bicyclic) bond motifs is 9. The molecule has 49 heavy (non-hydrogen) atoms. The lowest BCUT2D eigenvalue weighted by Gasteiger charge is -2.19. The smallest absolute Gasteiger partial charge is 0.136 e. The largest absolute Gasteiger partial charge is 0.456 e. The normalized spacial score (nSPS) is 12.5. The SMILES string of the molecule is O=S(c1ccccc1)c1cccc(-c2c3ccccc3c(-c3cc4oc5ccc6ccccc6c5c4c4ccccc34)c3ccccc23)c1. The standard InChI is InChI=1S/C46H28O2S/c47-49(31-15-2-1-3-16-31)32-17-12-14-30(27-32)43-36-21-8-10-23-38(36)44(39-24-11-9-22-37(39)43)40-28-42-46(35-20-7-6-19-34(35)40)45-33-18-5-4-13-29(33)25-26-41(45)48-42/h1-28H. The van der Waals surface area contributed by atoms with Gasteiger partial charge in [0.15, 0.2) is 0 Å². The van der Waals surface area contributed by atoms with Gasteiger partial charge in [0.1, 0.15) is 11.2 Å². The van der Waals surface area contributed by atoms with Gasteiger partial charge < -0.3 is 4.42 Å². The Bertz CT molecular complexity index is 2900. The van der Waals surface area contributed by atoms with E-state index in [9.17, 15) is 4.21 Å². The van der Waals surface area contributed by atoms with Crippen molar-refractivity contribution in [3.05, 3.63) is 170 Å². The Labute approximate surface area is 285 Å². The molecule has 9 aromatic carbocycles. The molecule has 0 aliphatic rings. The summed E-state index contributed by atoms with van der Waals surface area (Å²) in [6, 6.07) is 59.1. The van der Waals surface area contributed by atoms with Crippen molar-refractivity contribution in [3.63, 3.8) is 0 Å². The van der Waals surface area contributed by atoms with E-state index in [1.807, 2.05) is 42.5 Å². The minimum atomic E-state index is -1.29. The Morgan fingerprint density at radius 1 is 0.388 bits per heavy atom. The van der Waals surface area contributed by atoms with Gasteiger partial charge in [-0.3, -0.25) is 0 Å². The number of hydrogen-bond donors (Lipinski definition) is 0. The van der Waals surface area contributed by atoms with Gasteiger partial charge in [0.25, 0.3) is 0 Å². The van der Waals surface area contributed by atoms with E-state index in [1.165, 1.54) is 27.1 Å². The molecule has 1 aromatic heterocycles. The molecular weight excluding hydrogens is 617 g/mol. The molecule has 0 N–H and O–H groups in total. The van der Waals surface area contributed by atoms with Crippen LogP contribution in [0, 0.1) is 0 Å². The fourth-order valence-electron chi connectivity index (χ4n) is 7.78. The van der Waals surface area contributed by atoms with E-state index in [0.717, 1.165) is 70.0 Å². The molecule has 0 aliphatic heterocycles. The maximum atomic E-state index is 13.7. The molecule has 0 radical (unpaired) electrons. The predicted molar refractivity (Wildman–Crippen MR) is 206 cm³/mol. The highest BCUT2D eigenvalue weighted by Gasteiger charge is 2.22. The number of furan rings is 1. The summed E-state index contributed by atoms with van der Waals surface area (Å²) in [5.74, 6) is 0. The first kappa shape index (κ1) is 28.0. The lowest BCUT2D eigenvalue weighted by atomic mass is 9.84. The zero-order valence-electron chi connectivity index (χ0n) is 26.4. The summed E-state index contributed by atoms with van der Waals surface area (Å²) in [6.45, 7) is 0. The van der Waals surface area contributed by atoms with Crippen molar-refractivity contribution in [2.24, 2.45) is 0 Å². The number of rotatable bonds is 4. The maximum absolute atomic E-state index is 13.7. The first-order valence-electron chi connectivity index (χ1n) is 16.5. The highest BCUT2D eigenvalue weighted by molar-refractivity contribution is 7.85. The van der Waals surface area contributed by atoms with Crippen LogP contribution in [0.2, 0.25) is 0 Å². The van der Waals surface area contributed by atoms with Crippen LogP contribution < -0.4 is 0 Å². The highest BCUT2D eigenvalue weighted by atomic mass is 32.2. The van der Waals surface area contributed by atoms with E-state index in [1.54, 1.807) is 0 Å². The van der Waals surface area contributed by atoms with E-state index < -0.39 is 10.8 Å². The molecule has 1 heterocycles. The van der Waals surface area contributed by atoms with Crippen LogP contribution in [0.5, 0.6) is 0 Å². The minimum absolute atomic E-state index is 0.787. The molecule has 3 heteroatoms. The summed E-state index contributed by atoms with van der Waals surface area (Å²) >= 11 is 0. The molecule has 0 fully saturated rings. The Morgan fingerprint density at radius 2 is 0.939 bits per heavy atom. The van der Waals surface area contributed by atoms with Gasteiger partial charge >= 0.3 is 0 Å². The molecule has 2 nitrogen and oxygen atoms in total. The van der Waals surface area contributed by atoms with Crippen molar-refractivity contribution in [1.82, 2.24) is 0 Å². The fourth-order valence-corrected chi connectivity index (χ4v) is 8.90. The van der Waals surface area contributed by atoms with Crippen LogP contribution in [0.4, 0.5) is 0 Å². The molecule has 0 bridgehead atoms. The van der Waals surface area contributed by atoms with Crippen LogP contribution in [0.1, 0.15) is 0 Å². The van der Waals surface area contributed by atoms with Crippen LogP contribution >= 0.6 is 0 Å². The van der Waals surface area contributed by atoms with Gasteiger partial charge in [-0.25, -0.2) is 4.21 Å². The average Bonchev–Trinajstić information content (AvgIpc) is 3.56. The van der Waals surface area contributed by atoms with Crippen molar-refractivity contribution >= 4 is 75.8 Å². The van der Waals surface area contributed by atoms with Gasteiger partial charge in [0.2, 0.25) is 0 Å². The molecule has 1 unspecified atom stereocenters. The van der Waals surface area contributed by atoms with Crippen molar-refractivity contribution in [2.75, 3.05) is 0 Å². The zero-order valence-corrected chi connectivity index (χ0v) is 27.2. The quantitative estimate of drug-likeness (QED) is 0.178. The van der Waals surface area contributed by atoms with E-state index in [2.05, 4.69) is 127 Å². The summed E-state index contributed by atoms with van der Waals surface area (Å²) < 4.78 is 20.4. The maximum Gasteiger partial charge on any atom is 0.136 e. The molecule has 10 aromatic rings. The number of benzene rings is 9. The van der Waals surface area contributed by atoms with Crippen LogP contribution in [0.3, 0.4) is 0 Å². The number of hydrogen-bond acceptors (Lipinski definition) is 2. The van der Waals surface area contributed by atoms with Crippen molar-refractivity contribution < 1.29 is 8.63 Å². The molecule has 0 saturated carbocycles. The van der Waals surface area contributed by atoms with Gasteiger partial charge in [-0.2, -0.15) is 0 Å². The third-order valence-electron chi connectivity index (χ3n) is 9.86. The average molecular weight is 645 g/mol. The Hall–Kier alpha value is -6.03.